The minimum Gasteiger partial charge on any atom is -0.452 e. The summed E-state index contributed by atoms with van der Waals surface area (Å²) in [6.45, 7) is 6.35. The van der Waals surface area contributed by atoms with Gasteiger partial charge < -0.3 is 19.9 Å². The second-order valence-electron chi connectivity index (χ2n) is 6.04. The van der Waals surface area contributed by atoms with Gasteiger partial charge >= 0.3 is 5.97 Å². The lowest BCUT2D eigenvalue weighted by molar-refractivity contribution is -0.119. The molecule has 1 aromatic heterocycles. The monoisotopic (exact) mass is 359 g/mol. The Hall–Kier alpha value is -3.16. The summed E-state index contributed by atoms with van der Waals surface area (Å²) in [5.41, 5.74) is 1.82. The number of aromatic nitrogens is 1. The Bertz CT molecular complexity index is 809. The number of hydrogen-bond acceptors (Lipinski definition) is 6. The number of carbonyl (C=O) groups is 3. The molecule has 2 N–H and O–H groups in total. The van der Waals surface area contributed by atoms with Crippen molar-refractivity contribution in [2.24, 2.45) is 0 Å². The molecule has 2 rings (SSSR count). The van der Waals surface area contributed by atoms with Crippen molar-refractivity contribution in [3.8, 4) is 0 Å². The normalized spacial score (nSPS) is 10.5. The summed E-state index contributed by atoms with van der Waals surface area (Å²) in [7, 11) is 0. The quantitative estimate of drug-likeness (QED) is 0.767. The van der Waals surface area contributed by atoms with Crippen molar-refractivity contribution in [2.45, 2.75) is 33.6 Å². The van der Waals surface area contributed by atoms with Gasteiger partial charge in [0, 0.05) is 24.2 Å². The maximum absolute atomic E-state index is 12.2. The molecule has 0 unspecified atom stereocenters. The van der Waals surface area contributed by atoms with Crippen LogP contribution in [-0.4, -0.2) is 29.5 Å². The van der Waals surface area contributed by atoms with Gasteiger partial charge in [0.15, 0.2) is 12.4 Å². The Morgan fingerprint density at radius 3 is 2.23 bits per heavy atom. The largest absolute Gasteiger partial charge is 0.452 e. The van der Waals surface area contributed by atoms with Crippen LogP contribution in [0.15, 0.2) is 28.8 Å². The molecule has 0 aliphatic rings. The van der Waals surface area contributed by atoms with E-state index in [4.69, 9.17) is 9.26 Å². The van der Waals surface area contributed by atoms with E-state index in [0.29, 0.717) is 22.8 Å². The molecule has 138 valence electrons. The highest BCUT2D eigenvalue weighted by atomic mass is 16.5. The summed E-state index contributed by atoms with van der Waals surface area (Å²) in [6, 6.07) is 6.56. The fourth-order valence-corrected chi connectivity index (χ4v) is 2.27. The van der Waals surface area contributed by atoms with Crippen molar-refractivity contribution in [3.63, 3.8) is 0 Å². The van der Waals surface area contributed by atoms with E-state index in [1.807, 2.05) is 13.8 Å². The molecule has 0 aliphatic carbocycles. The zero-order chi connectivity index (χ0) is 19.3. The number of hydrogen-bond donors (Lipinski definition) is 2. The van der Waals surface area contributed by atoms with Crippen molar-refractivity contribution < 1.29 is 23.6 Å². The summed E-state index contributed by atoms with van der Waals surface area (Å²) in [4.78, 5) is 35.1. The van der Waals surface area contributed by atoms with E-state index in [2.05, 4.69) is 15.8 Å². The van der Waals surface area contributed by atoms with Crippen LogP contribution in [0, 0.1) is 6.92 Å². The molecular weight excluding hydrogens is 338 g/mol. The second kappa shape index (κ2) is 8.28. The number of amides is 2. The predicted molar refractivity (Wildman–Crippen MR) is 95.0 cm³/mol. The molecule has 26 heavy (non-hydrogen) atoms. The minimum atomic E-state index is -0.649. The van der Waals surface area contributed by atoms with E-state index in [0.717, 1.165) is 0 Å². The molecule has 1 aromatic carbocycles. The maximum Gasteiger partial charge on any atom is 0.344 e. The molecule has 0 radical (unpaired) electrons. The van der Waals surface area contributed by atoms with E-state index in [-0.39, 0.29) is 17.4 Å². The molecule has 0 spiro atoms. The predicted octanol–water partition coefficient (Wildman–Crippen LogP) is 2.86. The van der Waals surface area contributed by atoms with Crippen LogP contribution in [0.1, 0.15) is 48.5 Å². The molecule has 0 bridgehead atoms. The number of ether oxygens (including phenoxy) is 1. The van der Waals surface area contributed by atoms with E-state index < -0.39 is 18.5 Å². The van der Waals surface area contributed by atoms with Gasteiger partial charge in [-0.3, -0.25) is 9.59 Å². The first-order chi connectivity index (χ1) is 12.3. The highest BCUT2D eigenvalue weighted by molar-refractivity contribution is 5.96. The van der Waals surface area contributed by atoms with Gasteiger partial charge in [-0.1, -0.05) is 19.0 Å². The highest BCUT2D eigenvalue weighted by Gasteiger charge is 2.24. The smallest absolute Gasteiger partial charge is 0.344 e. The average Bonchev–Trinajstić information content (AvgIpc) is 2.96. The Kier molecular flexibility index (Phi) is 6.11. The van der Waals surface area contributed by atoms with E-state index >= 15 is 0 Å². The molecule has 2 aromatic rings. The third-order valence-electron chi connectivity index (χ3n) is 3.44. The number of rotatable bonds is 6. The van der Waals surface area contributed by atoms with Crippen molar-refractivity contribution >= 4 is 29.2 Å². The zero-order valence-corrected chi connectivity index (χ0v) is 15.1. The molecule has 8 nitrogen and oxygen atoms in total. The first-order valence-electron chi connectivity index (χ1n) is 8.08. The SMILES string of the molecule is CC(=O)Nc1ccc(NC(=O)COC(=O)c2c(C)noc2C(C)C)cc1. The number of benzene rings is 1. The van der Waals surface area contributed by atoms with Gasteiger partial charge in [-0.2, -0.15) is 0 Å². The van der Waals surface area contributed by atoms with Gasteiger partial charge in [-0.25, -0.2) is 4.79 Å². The molecular formula is C18H21N3O5. The molecule has 0 fully saturated rings. The highest BCUT2D eigenvalue weighted by Crippen LogP contribution is 2.23. The van der Waals surface area contributed by atoms with Gasteiger partial charge in [-0.05, 0) is 31.2 Å². The maximum atomic E-state index is 12.2. The second-order valence-corrected chi connectivity index (χ2v) is 6.04. The standard InChI is InChI=1S/C18H21N3O5/c1-10(2)17-16(11(3)21-26-17)18(24)25-9-15(23)20-14-7-5-13(6-8-14)19-12(4)22/h5-8,10H,9H2,1-4H3,(H,19,22)(H,20,23). The fraction of sp³-hybridized carbons (Fsp3) is 0.333. The molecule has 0 saturated carbocycles. The van der Waals surface area contributed by atoms with Crippen LogP contribution < -0.4 is 10.6 Å². The molecule has 1 heterocycles. The van der Waals surface area contributed by atoms with Gasteiger partial charge in [0.25, 0.3) is 5.91 Å². The summed E-state index contributed by atoms with van der Waals surface area (Å²) in [6.07, 6.45) is 0. The summed E-state index contributed by atoms with van der Waals surface area (Å²) >= 11 is 0. The number of aryl methyl sites for hydroxylation is 1. The topological polar surface area (TPSA) is 111 Å². The molecule has 0 aliphatic heterocycles. The van der Waals surface area contributed by atoms with Crippen molar-refractivity contribution in [2.75, 3.05) is 17.2 Å². The first-order valence-corrected chi connectivity index (χ1v) is 8.08. The van der Waals surface area contributed by atoms with E-state index in [9.17, 15) is 14.4 Å². The van der Waals surface area contributed by atoms with E-state index in [1.165, 1.54) is 6.92 Å². The lowest BCUT2D eigenvalue weighted by Crippen LogP contribution is -2.21. The minimum absolute atomic E-state index is 0.0327. The number of nitrogens with one attached hydrogen (secondary N) is 2. The summed E-state index contributed by atoms with van der Waals surface area (Å²) in [5.74, 6) is -0.913. The van der Waals surface area contributed by atoms with Gasteiger partial charge in [0.2, 0.25) is 5.91 Å². The van der Waals surface area contributed by atoms with Crippen LogP contribution in [0.25, 0.3) is 0 Å². The van der Waals surface area contributed by atoms with Crippen LogP contribution in [0.5, 0.6) is 0 Å². The Morgan fingerprint density at radius 2 is 1.69 bits per heavy atom. The first kappa shape index (κ1) is 19.2. The fourth-order valence-electron chi connectivity index (χ4n) is 2.27. The van der Waals surface area contributed by atoms with Gasteiger partial charge in [-0.15, -0.1) is 0 Å². The van der Waals surface area contributed by atoms with Crippen LogP contribution in [-0.2, 0) is 14.3 Å². The van der Waals surface area contributed by atoms with Crippen LogP contribution in [0.3, 0.4) is 0 Å². The van der Waals surface area contributed by atoms with Crippen LogP contribution >= 0.6 is 0 Å². The number of anilines is 2. The third kappa shape index (κ3) is 4.92. The summed E-state index contributed by atoms with van der Waals surface area (Å²) in [5, 5.41) is 9.01. The zero-order valence-electron chi connectivity index (χ0n) is 15.1. The Labute approximate surface area is 150 Å². The number of nitrogens with zero attached hydrogens (tertiary/aromatic N) is 1. The third-order valence-corrected chi connectivity index (χ3v) is 3.44. The van der Waals surface area contributed by atoms with Crippen molar-refractivity contribution in [1.82, 2.24) is 5.16 Å². The lowest BCUT2D eigenvalue weighted by atomic mass is 10.1. The Balaban J connectivity index is 1.91. The number of carbonyl (C=O) groups excluding carboxylic acids is 3. The van der Waals surface area contributed by atoms with Crippen LogP contribution in [0.2, 0.25) is 0 Å². The lowest BCUT2D eigenvalue weighted by Gasteiger charge is -2.08. The van der Waals surface area contributed by atoms with E-state index in [1.54, 1.807) is 31.2 Å². The summed E-state index contributed by atoms with van der Waals surface area (Å²) < 4.78 is 10.2. The van der Waals surface area contributed by atoms with Crippen molar-refractivity contribution in [3.05, 3.63) is 41.3 Å². The molecule has 0 atom stereocenters. The van der Waals surface area contributed by atoms with Crippen molar-refractivity contribution in [1.29, 1.82) is 0 Å². The van der Waals surface area contributed by atoms with Gasteiger partial charge in [0.1, 0.15) is 5.56 Å². The van der Waals surface area contributed by atoms with Crippen LogP contribution in [0.4, 0.5) is 11.4 Å². The molecule has 8 heteroatoms. The Morgan fingerprint density at radius 1 is 1.12 bits per heavy atom. The molecule has 0 saturated heterocycles. The average molecular weight is 359 g/mol. The molecule has 2 amide bonds. The number of esters is 1. The van der Waals surface area contributed by atoms with Gasteiger partial charge in [0.05, 0.1) is 5.69 Å².